The Labute approximate surface area is 258 Å². The van der Waals surface area contributed by atoms with Crippen molar-refractivity contribution in [3.8, 4) is 11.6 Å². The molecule has 45 heavy (non-hydrogen) atoms. The van der Waals surface area contributed by atoms with Crippen molar-refractivity contribution < 1.29 is 36.6 Å². The predicted molar refractivity (Wildman–Crippen MR) is 161 cm³/mol. The molecule has 1 N–H and O–H groups in total. The Bertz CT molecular complexity index is 1580. The number of aromatic amines is 1. The van der Waals surface area contributed by atoms with Crippen LogP contribution in [0.4, 0.5) is 22.4 Å². The van der Waals surface area contributed by atoms with Crippen molar-refractivity contribution in [1.82, 2.24) is 19.8 Å². The SMILES string of the molecule is COc1cc(OCCN(CCCF)C(=O)OCc2ccccc2)ncc1[C@@H]1c2[nH]c3ccccc3c2C[C@@H](C)N1CC(F)(F)F. The van der Waals surface area contributed by atoms with Crippen LogP contribution in [-0.2, 0) is 17.8 Å². The molecule has 2 aromatic carbocycles. The zero-order valence-corrected chi connectivity index (χ0v) is 25.1. The molecule has 2 atom stereocenters. The molecule has 5 rings (SSSR count). The van der Waals surface area contributed by atoms with Crippen molar-refractivity contribution in [3.05, 3.63) is 89.2 Å². The number of hydrogen-bond donors (Lipinski definition) is 1. The molecule has 2 aromatic heterocycles. The first kappa shape index (κ1) is 32.1. The molecule has 12 heteroatoms. The first-order valence-electron chi connectivity index (χ1n) is 14.8. The van der Waals surface area contributed by atoms with Crippen LogP contribution in [0, 0.1) is 0 Å². The lowest BCUT2D eigenvalue weighted by Crippen LogP contribution is -2.47. The molecule has 1 aliphatic heterocycles. The number of hydrogen-bond acceptors (Lipinski definition) is 6. The second-order valence-corrected chi connectivity index (χ2v) is 11.0. The lowest BCUT2D eigenvalue weighted by molar-refractivity contribution is -0.155. The van der Waals surface area contributed by atoms with Gasteiger partial charge in [0.2, 0.25) is 5.88 Å². The van der Waals surface area contributed by atoms with Gasteiger partial charge in [-0.1, -0.05) is 48.5 Å². The third-order valence-corrected chi connectivity index (χ3v) is 7.90. The number of amides is 1. The highest BCUT2D eigenvalue weighted by atomic mass is 19.4. The van der Waals surface area contributed by atoms with Crippen LogP contribution in [0.3, 0.4) is 0 Å². The summed E-state index contributed by atoms with van der Waals surface area (Å²) in [6, 6.07) is 17.2. The molecule has 1 aliphatic rings. The Morgan fingerprint density at radius 2 is 1.87 bits per heavy atom. The molecule has 0 unspecified atom stereocenters. The first-order chi connectivity index (χ1) is 21.7. The standard InChI is InChI=1S/C33H36F4N4O4/c1-22-17-25-24-11-6-7-12-27(24)39-30(25)31(41(22)21-33(35,36)37)26-19-38-29(18-28(26)43-2)44-16-15-40(14-8-13-34)32(42)45-20-23-9-4-3-5-10-23/h3-7,9-12,18-19,22,31,39H,8,13-17,20-21H2,1-2H3/t22-,31-/m1/s1. The Hall–Kier alpha value is -4.32. The van der Waals surface area contributed by atoms with Gasteiger partial charge in [-0.3, -0.25) is 9.29 Å². The van der Waals surface area contributed by atoms with Gasteiger partial charge in [0.1, 0.15) is 19.0 Å². The zero-order chi connectivity index (χ0) is 32.0. The molecule has 0 fully saturated rings. The Morgan fingerprint density at radius 1 is 1.11 bits per heavy atom. The maximum atomic E-state index is 13.8. The third-order valence-electron chi connectivity index (χ3n) is 7.90. The minimum Gasteiger partial charge on any atom is -0.496 e. The van der Waals surface area contributed by atoms with Crippen LogP contribution in [0.15, 0.2) is 66.9 Å². The number of benzene rings is 2. The van der Waals surface area contributed by atoms with Gasteiger partial charge < -0.3 is 24.1 Å². The third kappa shape index (κ3) is 7.67. The molecule has 0 bridgehead atoms. The molecule has 0 aliphatic carbocycles. The number of nitrogens with zero attached hydrogens (tertiary/aromatic N) is 3. The number of halogens is 4. The van der Waals surface area contributed by atoms with E-state index in [0.29, 0.717) is 23.4 Å². The number of alkyl halides is 4. The largest absolute Gasteiger partial charge is 0.496 e. The number of rotatable bonds is 12. The van der Waals surface area contributed by atoms with E-state index < -0.39 is 37.6 Å². The minimum absolute atomic E-state index is 0.0229. The molecule has 4 aromatic rings. The summed E-state index contributed by atoms with van der Waals surface area (Å²) in [6.07, 6.45) is -2.94. The summed E-state index contributed by atoms with van der Waals surface area (Å²) in [5.41, 5.74) is 3.77. The number of fused-ring (bicyclic) bond motifs is 3. The fraction of sp³-hybridized carbons (Fsp3) is 0.394. The molecule has 3 heterocycles. The average Bonchev–Trinajstić information content (AvgIpc) is 3.39. The van der Waals surface area contributed by atoms with Crippen LogP contribution in [0.5, 0.6) is 11.6 Å². The maximum Gasteiger partial charge on any atom is 0.410 e. The number of carbonyl (C=O) groups excluding carboxylic acids is 1. The summed E-state index contributed by atoms with van der Waals surface area (Å²) in [5.74, 6) is 0.481. The van der Waals surface area contributed by atoms with Crippen molar-refractivity contribution in [2.45, 2.75) is 44.6 Å². The van der Waals surface area contributed by atoms with Crippen molar-refractivity contribution in [1.29, 1.82) is 0 Å². The fourth-order valence-electron chi connectivity index (χ4n) is 5.80. The molecule has 1 amide bonds. The molecule has 0 saturated heterocycles. The van der Waals surface area contributed by atoms with Gasteiger partial charge in [-0.05, 0) is 37.0 Å². The van der Waals surface area contributed by atoms with E-state index >= 15 is 0 Å². The summed E-state index contributed by atoms with van der Waals surface area (Å²) < 4.78 is 71.3. The van der Waals surface area contributed by atoms with Gasteiger partial charge in [-0.15, -0.1) is 0 Å². The topological polar surface area (TPSA) is 79.9 Å². The van der Waals surface area contributed by atoms with Crippen molar-refractivity contribution in [2.75, 3.05) is 40.0 Å². The van der Waals surface area contributed by atoms with Gasteiger partial charge in [-0.25, -0.2) is 9.78 Å². The second-order valence-electron chi connectivity index (χ2n) is 11.0. The fourth-order valence-corrected chi connectivity index (χ4v) is 5.80. The summed E-state index contributed by atoms with van der Waals surface area (Å²) in [5, 5.41) is 0.975. The minimum atomic E-state index is -4.42. The van der Waals surface area contributed by atoms with E-state index in [4.69, 9.17) is 14.2 Å². The normalized spacial score (nSPS) is 16.8. The molecular formula is C33H36F4N4O4. The molecule has 0 spiro atoms. The average molecular weight is 629 g/mol. The number of nitrogens with one attached hydrogen (secondary N) is 1. The van der Waals surface area contributed by atoms with Crippen LogP contribution in [0.25, 0.3) is 10.9 Å². The van der Waals surface area contributed by atoms with Crippen LogP contribution in [-0.4, -0.2) is 78.1 Å². The van der Waals surface area contributed by atoms with Crippen LogP contribution < -0.4 is 9.47 Å². The summed E-state index contributed by atoms with van der Waals surface area (Å²) >= 11 is 0. The van der Waals surface area contributed by atoms with E-state index in [1.54, 1.807) is 6.92 Å². The zero-order valence-electron chi connectivity index (χ0n) is 25.1. The first-order valence-corrected chi connectivity index (χ1v) is 14.8. The van der Waals surface area contributed by atoms with E-state index in [9.17, 15) is 22.4 Å². The molecule has 240 valence electrons. The van der Waals surface area contributed by atoms with Crippen LogP contribution >= 0.6 is 0 Å². The molecule has 0 saturated carbocycles. The lowest BCUT2D eigenvalue weighted by atomic mass is 9.89. The van der Waals surface area contributed by atoms with E-state index in [-0.39, 0.29) is 38.6 Å². The monoisotopic (exact) mass is 628 g/mol. The highest BCUT2D eigenvalue weighted by Crippen LogP contribution is 2.44. The van der Waals surface area contributed by atoms with Gasteiger partial charge in [-0.2, -0.15) is 13.2 Å². The Balaban J connectivity index is 1.34. The van der Waals surface area contributed by atoms with Gasteiger partial charge in [0, 0.05) is 47.0 Å². The van der Waals surface area contributed by atoms with E-state index in [1.807, 2.05) is 54.6 Å². The van der Waals surface area contributed by atoms with Crippen LogP contribution in [0.1, 0.15) is 41.8 Å². The van der Waals surface area contributed by atoms with Crippen molar-refractivity contribution in [3.63, 3.8) is 0 Å². The highest BCUT2D eigenvalue weighted by molar-refractivity contribution is 5.85. The number of pyridine rings is 1. The molecular weight excluding hydrogens is 592 g/mol. The predicted octanol–water partition coefficient (Wildman–Crippen LogP) is 6.85. The number of carbonyl (C=O) groups is 1. The summed E-state index contributed by atoms with van der Waals surface area (Å²) in [4.78, 5) is 23.3. The summed E-state index contributed by atoms with van der Waals surface area (Å²) in [7, 11) is 1.44. The maximum absolute atomic E-state index is 13.8. The number of methoxy groups -OCH3 is 1. The van der Waals surface area contributed by atoms with Crippen molar-refractivity contribution in [2.24, 2.45) is 0 Å². The van der Waals surface area contributed by atoms with Gasteiger partial charge in [0.25, 0.3) is 0 Å². The molecule has 8 nitrogen and oxygen atoms in total. The summed E-state index contributed by atoms with van der Waals surface area (Å²) in [6.45, 7) is 0.449. The Kier molecular flexibility index (Phi) is 10.1. The number of aromatic nitrogens is 2. The quantitative estimate of drug-likeness (QED) is 0.173. The smallest absolute Gasteiger partial charge is 0.410 e. The number of H-pyrrole nitrogens is 1. The van der Waals surface area contributed by atoms with E-state index in [1.165, 1.54) is 29.2 Å². The van der Waals surface area contributed by atoms with E-state index in [2.05, 4.69) is 9.97 Å². The van der Waals surface area contributed by atoms with Gasteiger partial charge >= 0.3 is 12.3 Å². The number of para-hydroxylation sites is 1. The Morgan fingerprint density at radius 3 is 2.60 bits per heavy atom. The second kappa shape index (κ2) is 14.2. The van der Waals surface area contributed by atoms with E-state index in [0.717, 1.165) is 22.0 Å². The van der Waals surface area contributed by atoms with Gasteiger partial charge in [0.05, 0.1) is 32.9 Å². The highest BCUT2D eigenvalue weighted by Gasteiger charge is 2.43. The lowest BCUT2D eigenvalue weighted by Gasteiger charge is -2.41. The number of ether oxygens (including phenoxy) is 3. The molecule has 0 radical (unpaired) electrons. The van der Waals surface area contributed by atoms with Crippen LogP contribution in [0.2, 0.25) is 0 Å². The van der Waals surface area contributed by atoms with Crippen molar-refractivity contribution >= 4 is 17.0 Å². The van der Waals surface area contributed by atoms with Gasteiger partial charge in [0.15, 0.2) is 0 Å².